The quantitative estimate of drug-likeness (QED) is 0.134. The molecule has 1 aliphatic carbocycles. The number of phenols is 1. The summed E-state index contributed by atoms with van der Waals surface area (Å²) >= 11 is 6.31. The third kappa shape index (κ3) is 6.46. The minimum atomic E-state index is -0.867. The number of imide groups is 1. The van der Waals surface area contributed by atoms with Crippen LogP contribution in [0.4, 0.5) is 17.1 Å². The number of phenolic OH excluding ortho intramolecular Hbond substituents is 1. The van der Waals surface area contributed by atoms with Gasteiger partial charge in [-0.05, 0) is 97.8 Å². The highest BCUT2D eigenvalue weighted by Gasteiger charge is 2.55. The molecule has 0 spiro atoms. The van der Waals surface area contributed by atoms with Gasteiger partial charge in [-0.25, -0.2) is 0 Å². The number of allylic oxidation sites excluding steroid dienone is 2. The molecule has 2 aliphatic rings. The molecule has 230 valence electrons. The van der Waals surface area contributed by atoms with Crippen molar-refractivity contribution in [3.8, 4) is 5.75 Å². The Labute approximate surface area is 263 Å². The lowest BCUT2D eigenvalue weighted by Gasteiger charge is -2.36. The molecule has 1 aliphatic heterocycles. The first-order valence-corrected chi connectivity index (χ1v) is 15.6. The molecule has 1 saturated heterocycles. The Balaban J connectivity index is 1.34. The molecular weight excluding hydrogens is 576 g/mol. The van der Waals surface area contributed by atoms with Crippen molar-refractivity contribution in [1.29, 1.82) is 0 Å². The second-order valence-corrected chi connectivity index (χ2v) is 11.9. The molecule has 0 radical (unpaired) electrons. The summed E-state index contributed by atoms with van der Waals surface area (Å²) in [5.41, 5.74) is 5.76. The van der Waals surface area contributed by atoms with Crippen LogP contribution in [-0.2, 0) is 9.59 Å². The highest BCUT2D eigenvalue weighted by Crippen LogP contribution is 2.48. The number of aromatic hydroxyl groups is 1. The summed E-state index contributed by atoms with van der Waals surface area (Å²) in [6.07, 6.45) is 3.86. The summed E-state index contributed by atoms with van der Waals surface area (Å²) in [5.74, 6) is -2.44. The van der Waals surface area contributed by atoms with E-state index in [1.54, 1.807) is 24.3 Å². The van der Waals surface area contributed by atoms with Gasteiger partial charge in [0, 0.05) is 17.3 Å². The van der Waals surface area contributed by atoms with Crippen LogP contribution >= 0.6 is 11.6 Å². The van der Waals surface area contributed by atoms with Gasteiger partial charge < -0.3 is 20.6 Å². The number of amides is 2. The number of para-hydroxylation sites is 1. The monoisotopic (exact) mass is 614 g/mol. The van der Waals surface area contributed by atoms with E-state index >= 15 is 0 Å². The number of carbonyl (C=O) groups excluding carboxylic acids is 2. The Morgan fingerprint density at radius 1 is 1.02 bits per heavy atom. The molecule has 44 heavy (non-hydrogen) atoms. The molecule has 0 saturated carbocycles. The van der Waals surface area contributed by atoms with Crippen molar-refractivity contribution < 1.29 is 24.9 Å². The summed E-state index contributed by atoms with van der Waals surface area (Å²) in [7, 11) is 0. The molecule has 1 heterocycles. The highest BCUT2D eigenvalue weighted by atomic mass is 35.5. The maximum atomic E-state index is 13.9. The third-order valence-electron chi connectivity index (χ3n) is 8.89. The van der Waals surface area contributed by atoms with Crippen LogP contribution in [0.15, 0.2) is 89.5 Å². The van der Waals surface area contributed by atoms with Gasteiger partial charge >= 0.3 is 0 Å². The number of aliphatic hydroxyl groups excluding tert-OH is 2. The zero-order valence-corrected chi connectivity index (χ0v) is 25.8. The van der Waals surface area contributed by atoms with Crippen molar-refractivity contribution in [1.82, 2.24) is 0 Å². The molecule has 3 aromatic rings. The van der Waals surface area contributed by atoms with Gasteiger partial charge in [-0.3, -0.25) is 14.5 Å². The van der Waals surface area contributed by atoms with Gasteiger partial charge in [-0.2, -0.15) is 0 Å². The Bertz CT molecular complexity index is 1570. The van der Waals surface area contributed by atoms with E-state index in [2.05, 4.69) is 5.32 Å². The number of rotatable bonds is 11. The molecule has 1 fully saturated rings. The molecule has 4 atom stereocenters. The molecule has 5 rings (SSSR count). The van der Waals surface area contributed by atoms with Gasteiger partial charge in [0.1, 0.15) is 5.75 Å². The van der Waals surface area contributed by atoms with Crippen molar-refractivity contribution in [2.75, 3.05) is 16.8 Å². The first-order chi connectivity index (χ1) is 21.2. The van der Waals surface area contributed by atoms with Crippen molar-refractivity contribution in [3.63, 3.8) is 0 Å². The highest BCUT2D eigenvalue weighted by molar-refractivity contribution is 6.32. The van der Waals surface area contributed by atoms with E-state index < -0.39 is 23.9 Å². The fourth-order valence-electron chi connectivity index (χ4n) is 6.62. The molecule has 3 aromatic carbocycles. The average molecular weight is 615 g/mol. The molecule has 7 nitrogen and oxygen atoms in total. The van der Waals surface area contributed by atoms with E-state index in [1.165, 1.54) is 11.0 Å². The smallest absolute Gasteiger partial charge is 0.238 e. The van der Waals surface area contributed by atoms with E-state index in [9.17, 15) is 24.9 Å². The van der Waals surface area contributed by atoms with Crippen molar-refractivity contribution in [2.24, 2.45) is 17.8 Å². The minimum Gasteiger partial charge on any atom is -0.508 e. The van der Waals surface area contributed by atoms with E-state index in [4.69, 9.17) is 11.6 Å². The number of hydrogen-bond donors (Lipinski definition) is 4. The average Bonchev–Trinajstić information content (AvgIpc) is 3.28. The summed E-state index contributed by atoms with van der Waals surface area (Å²) < 4.78 is 0. The van der Waals surface area contributed by atoms with Crippen LogP contribution in [0.5, 0.6) is 5.75 Å². The van der Waals surface area contributed by atoms with Crippen molar-refractivity contribution in [3.05, 3.63) is 100 Å². The van der Waals surface area contributed by atoms with Gasteiger partial charge in [-0.15, -0.1) is 0 Å². The third-order valence-corrected chi connectivity index (χ3v) is 9.22. The van der Waals surface area contributed by atoms with Gasteiger partial charge in [0.15, 0.2) is 0 Å². The molecule has 2 amide bonds. The number of benzene rings is 3. The Morgan fingerprint density at radius 2 is 1.73 bits per heavy atom. The second-order valence-electron chi connectivity index (χ2n) is 11.5. The second kappa shape index (κ2) is 13.8. The fourth-order valence-corrected chi connectivity index (χ4v) is 6.85. The molecular formula is C36H39ClN2O5. The van der Waals surface area contributed by atoms with Crippen LogP contribution in [0.2, 0.25) is 5.02 Å². The number of anilines is 3. The van der Waals surface area contributed by atoms with Crippen LogP contribution in [0.3, 0.4) is 0 Å². The molecule has 4 N–H and O–H groups in total. The number of nitrogens with zero attached hydrogens (tertiary/aromatic N) is 1. The Kier molecular flexibility index (Phi) is 9.89. The number of hydrogen-bond acceptors (Lipinski definition) is 6. The lowest BCUT2D eigenvalue weighted by Crippen LogP contribution is -2.39. The lowest BCUT2D eigenvalue weighted by atomic mass is 9.67. The SMILES string of the molecule is CCC1=C([C@H](O)CC/C(=C/c2ccc(O)cc2Cl)CC)[C@H](CO)[C@@H]2C(=O)N(c3ccc(Nc4ccccc4)cc3)C(=O)[C@@H]2C1. The number of aliphatic hydroxyl groups is 2. The van der Waals surface area contributed by atoms with E-state index in [0.29, 0.717) is 42.0 Å². The first kappa shape index (κ1) is 31.5. The van der Waals surface area contributed by atoms with Crippen molar-refractivity contribution >= 4 is 46.6 Å². The normalized spacial score (nSPS) is 21.1. The summed E-state index contributed by atoms with van der Waals surface area (Å²) in [4.78, 5) is 28.8. The van der Waals surface area contributed by atoms with Crippen LogP contribution in [0, 0.1) is 17.8 Å². The van der Waals surface area contributed by atoms with Crippen LogP contribution < -0.4 is 10.2 Å². The fraction of sp³-hybridized carbons (Fsp3) is 0.333. The minimum absolute atomic E-state index is 0.0980. The summed E-state index contributed by atoms with van der Waals surface area (Å²) in [6, 6.07) is 21.8. The standard InChI is InChI=1S/C36H39ClN2O5/c1-3-22(18-24-11-16-28(41)20-31(24)37)10-17-32(42)33-23(4-2)19-29-34(30(33)21-40)36(44)39(35(29)43)27-14-12-26(13-15-27)38-25-8-6-5-7-9-25/h5-9,11-16,18,20,29-30,32,34,38,40-42H,3-4,10,17,19,21H2,1-2H3/b22-18+/t29-,30+,32-,34-/m1/s1. The first-order valence-electron chi connectivity index (χ1n) is 15.2. The predicted octanol–water partition coefficient (Wildman–Crippen LogP) is 7.25. The molecule has 0 unspecified atom stereocenters. The van der Waals surface area contributed by atoms with Gasteiger partial charge in [0.2, 0.25) is 11.8 Å². The maximum Gasteiger partial charge on any atom is 0.238 e. The summed E-state index contributed by atoms with van der Waals surface area (Å²) in [6.45, 7) is 3.69. The largest absolute Gasteiger partial charge is 0.508 e. The zero-order chi connectivity index (χ0) is 31.4. The molecule has 8 heteroatoms. The number of fused-ring (bicyclic) bond motifs is 1. The van der Waals surface area contributed by atoms with Gasteiger partial charge in [-0.1, -0.05) is 60.9 Å². The summed E-state index contributed by atoms with van der Waals surface area (Å²) in [5, 5.41) is 35.5. The Morgan fingerprint density at radius 3 is 2.36 bits per heavy atom. The molecule has 0 bridgehead atoms. The Hall–Kier alpha value is -3.91. The zero-order valence-electron chi connectivity index (χ0n) is 25.0. The van der Waals surface area contributed by atoms with Gasteiger partial charge in [0.05, 0.1) is 35.3 Å². The number of carbonyl (C=O) groups is 2. The number of halogens is 1. The van der Waals surface area contributed by atoms with Gasteiger partial charge in [0.25, 0.3) is 0 Å². The van der Waals surface area contributed by atoms with Crippen molar-refractivity contribution in [2.45, 2.75) is 52.1 Å². The van der Waals surface area contributed by atoms with Crippen LogP contribution in [0.25, 0.3) is 6.08 Å². The van der Waals surface area contributed by atoms with E-state index in [0.717, 1.165) is 34.5 Å². The van der Waals surface area contributed by atoms with Crippen LogP contribution in [-0.4, -0.2) is 39.8 Å². The maximum absolute atomic E-state index is 13.9. The topological polar surface area (TPSA) is 110 Å². The predicted molar refractivity (Wildman–Crippen MR) is 175 cm³/mol. The van der Waals surface area contributed by atoms with E-state index in [1.807, 2.05) is 62.4 Å². The molecule has 0 aromatic heterocycles. The lowest BCUT2D eigenvalue weighted by molar-refractivity contribution is -0.123. The van der Waals surface area contributed by atoms with Crippen LogP contribution in [0.1, 0.15) is 51.5 Å². The number of nitrogens with one attached hydrogen (secondary N) is 1. The van der Waals surface area contributed by atoms with E-state index in [-0.39, 0.29) is 24.2 Å².